The van der Waals surface area contributed by atoms with Gasteiger partial charge < -0.3 is 33.5 Å². The topological polar surface area (TPSA) is 178 Å². The van der Waals surface area contributed by atoms with Gasteiger partial charge in [-0.3, -0.25) is 28.8 Å². The fourth-order valence-corrected chi connectivity index (χ4v) is 7.53. The van der Waals surface area contributed by atoms with Crippen molar-refractivity contribution >= 4 is 47.4 Å². The van der Waals surface area contributed by atoms with Crippen LogP contribution >= 0.6 is 11.6 Å². The minimum atomic E-state index is -2.45. The minimum Gasteiger partial charge on any atom is -0.462 e. The molecule has 2 aliphatic carbocycles. The molecule has 3 aliphatic rings. The number of esters is 6. The number of carbonyl (C=O) groups excluding carboxylic acids is 6. The zero-order valence-electron chi connectivity index (χ0n) is 27.3. The summed E-state index contributed by atoms with van der Waals surface area (Å²) >= 11 is 6.78. The van der Waals surface area contributed by atoms with Crippen LogP contribution in [0.5, 0.6) is 0 Å². The Kier molecular flexibility index (Phi) is 11.0. The van der Waals surface area contributed by atoms with Gasteiger partial charge in [0.2, 0.25) is 0 Å². The Bertz CT molecular complexity index is 1310. The summed E-state index contributed by atoms with van der Waals surface area (Å²) in [7, 11) is 0. The Hall–Kier alpha value is -3.45. The maximum atomic E-state index is 13.2. The lowest BCUT2D eigenvalue weighted by Gasteiger charge is -2.61. The highest BCUT2D eigenvalue weighted by Crippen LogP contribution is 2.59. The molecular formula is C32H43ClO13. The Labute approximate surface area is 272 Å². The predicted molar refractivity (Wildman–Crippen MR) is 160 cm³/mol. The zero-order chi connectivity index (χ0) is 34.9. The van der Waals surface area contributed by atoms with Gasteiger partial charge >= 0.3 is 35.8 Å². The fourth-order valence-electron chi connectivity index (χ4n) is 7.21. The van der Waals surface area contributed by atoms with Crippen LogP contribution in [0.4, 0.5) is 0 Å². The molecule has 0 spiro atoms. The van der Waals surface area contributed by atoms with Crippen LogP contribution in [0.15, 0.2) is 24.3 Å². The highest BCUT2D eigenvalue weighted by molar-refractivity contribution is 6.23. The maximum absolute atomic E-state index is 13.2. The number of hydrogen-bond acceptors (Lipinski definition) is 13. The third-order valence-corrected chi connectivity index (χ3v) is 9.77. The van der Waals surface area contributed by atoms with Crippen molar-refractivity contribution in [3.05, 3.63) is 24.3 Å². The van der Waals surface area contributed by atoms with Crippen LogP contribution in [0, 0.1) is 17.3 Å². The average molecular weight is 671 g/mol. The monoisotopic (exact) mass is 670 g/mol. The van der Waals surface area contributed by atoms with Crippen molar-refractivity contribution < 1.29 is 62.3 Å². The molecule has 14 heteroatoms. The number of alkyl halides is 1. The molecule has 256 valence electrons. The van der Waals surface area contributed by atoms with Crippen LogP contribution in [0.3, 0.4) is 0 Å². The fraction of sp³-hybridized carbons (Fsp3) is 0.688. The second kappa shape index (κ2) is 13.7. The number of carbonyl (C=O) groups is 6. The lowest BCUT2D eigenvalue weighted by molar-refractivity contribution is -0.292. The number of allylic oxidation sites excluding steroid dienone is 1. The highest BCUT2D eigenvalue weighted by atomic mass is 35.5. The number of hydrogen-bond donors (Lipinski definition) is 1. The molecule has 1 saturated carbocycles. The van der Waals surface area contributed by atoms with Crippen molar-refractivity contribution in [2.24, 2.45) is 17.3 Å². The van der Waals surface area contributed by atoms with Gasteiger partial charge in [-0.05, 0) is 31.9 Å². The Morgan fingerprint density at radius 3 is 2.09 bits per heavy atom. The molecule has 1 aliphatic heterocycles. The largest absolute Gasteiger partial charge is 0.462 e. The zero-order valence-corrected chi connectivity index (χ0v) is 28.1. The third kappa shape index (κ3) is 6.67. The molecule has 1 heterocycles. The van der Waals surface area contributed by atoms with E-state index in [9.17, 15) is 33.9 Å². The summed E-state index contributed by atoms with van der Waals surface area (Å²) in [5.41, 5.74) is -6.04. The smallest absolute Gasteiger partial charge is 0.312 e. The van der Waals surface area contributed by atoms with Gasteiger partial charge in [0.25, 0.3) is 0 Å². The van der Waals surface area contributed by atoms with E-state index in [0.29, 0.717) is 6.42 Å². The number of aliphatic hydroxyl groups is 1. The number of rotatable bonds is 7. The van der Waals surface area contributed by atoms with Gasteiger partial charge in [-0.2, -0.15) is 0 Å². The first-order chi connectivity index (χ1) is 21.2. The summed E-state index contributed by atoms with van der Waals surface area (Å²) in [6.07, 6.45) is -4.45. The van der Waals surface area contributed by atoms with E-state index in [1.807, 2.05) is 0 Å². The molecule has 0 bridgehead atoms. The van der Waals surface area contributed by atoms with E-state index in [4.69, 9.17) is 40.0 Å². The second-order valence-corrected chi connectivity index (χ2v) is 13.0. The molecule has 0 aromatic rings. The lowest BCUT2D eigenvalue weighted by Crippen LogP contribution is -2.75. The van der Waals surface area contributed by atoms with Crippen LogP contribution < -0.4 is 0 Å². The van der Waals surface area contributed by atoms with Gasteiger partial charge in [0.05, 0.1) is 22.6 Å². The molecular weight excluding hydrogens is 628 g/mol. The van der Waals surface area contributed by atoms with Crippen molar-refractivity contribution in [1.29, 1.82) is 0 Å². The second-order valence-electron chi connectivity index (χ2n) is 12.5. The van der Waals surface area contributed by atoms with Crippen LogP contribution in [-0.2, 0) is 57.2 Å². The van der Waals surface area contributed by atoms with E-state index in [-0.39, 0.29) is 18.4 Å². The summed E-state index contributed by atoms with van der Waals surface area (Å²) in [5.74, 6) is -7.78. The van der Waals surface area contributed by atoms with Crippen LogP contribution in [0.25, 0.3) is 0 Å². The quantitative estimate of drug-likeness (QED) is 0.238. The summed E-state index contributed by atoms with van der Waals surface area (Å²) < 4.78 is 35.1. The molecule has 13 nitrogen and oxygen atoms in total. The molecule has 0 aromatic carbocycles. The number of ether oxygens (including phenoxy) is 6. The van der Waals surface area contributed by atoms with E-state index < -0.39 is 100 Å². The molecule has 2 fully saturated rings. The van der Waals surface area contributed by atoms with E-state index in [1.165, 1.54) is 32.9 Å². The van der Waals surface area contributed by atoms with Crippen molar-refractivity contribution in [2.45, 2.75) is 122 Å². The summed E-state index contributed by atoms with van der Waals surface area (Å²) in [5, 5.41) is 11.5. The van der Waals surface area contributed by atoms with Gasteiger partial charge in [0, 0.05) is 40.5 Å². The van der Waals surface area contributed by atoms with Crippen molar-refractivity contribution in [3.63, 3.8) is 0 Å². The highest BCUT2D eigenvalue weighted by Gasteiger charge is 2.75. The number of halogens is 1. The van der Waals surface area contributed by atoms with Crippen LogP contribution in [0.2, 0.25) is 0 Å². The van der Waals surface area contributed by atoms with Gasteiger partial charge in [0.1, 0.15) is 24.4 Å². The standard InChI is InChI=1S/C32H43ClO13/c1-10-11-24(38)44-23-14-22(42-18(5)35)30(8)21(41-17(4)34)13-12-15(2)25(33)27-32(40,16(3)29(39)45-27)28(43-19(6)36)26(30)31(23,9)46-20(7)37/h12-13,16,21-23,25-28,40H,2,10-11,14H2,1,3-9H3/b13-12-. The van der Waals surface area contributed by atoms with Crippen LogP contribution in [-0.4, -0.2) is 88.0 Å². The van der Waals surface area contributed by atoms with Gasteiger partial charge in [-0.25, -0.2) is 0 Å². The van der Waals surface area contributed by atoms with Crippen molar-refractivity contribution in [1.82, 2.24) is 0 Å². The lowest BCUT2D eigenvalue weighted by atomic mass is 9.51. The van der Waals surface area contributed by atoms with Gasteiger partial charge in [-0.15, -0.1) is 11.6 Å². The summed E-state index contributed by atoms with van der Waals surface area (Å²) in [6.45, 7) is 14.5. The molecule has 0 amide bonds. The normalized spacial score (nSPS) is 39.4. The third-order valence-electron chi connectivity index (χ3n) is 9.26. The molecule has 3 rings (SSSR count). The molecule has 11 unspecified atom stereocenters. The molecule has 0 radical (unpaired) electrons. The van der Waals surface area contributed by atoms with E-state index in [0.717, 1.165) is 27.7 Å². The molecule has 46 heavy (non-hydrogen) atoms. The average Bonchev–Trinajstić information content (AvgIpc) is 3.15. The minimum absolute atomic E-state index is 0.0135. The maximum Gasteiger partial charge on any atom is 0.312 e. The van der Waals surface area contributed by atoms with Gasteiger partial charge in [0.15, 0.2) is 17.3 Å². The predicted octanol–water partition coefficient (Wildman–Crippen LogP) is 2.87. The molecule has 1 saturated heterocycles. The van der Waals surface area contributed by atoms with Gasteiger partial charge in [-0.1, -0.05) is 26.5 Å². The van der Waals surface area contributed by atoms with Crippen molar-refractivity contribution in [3.8, 4) is 0 Å². The van der Waals surface area contributed by atoms with Crippen molar-refractivity contribution in [2.75, 3.05) is 0 Å². The molecule has 11 atom stereocenters. The summed E-state index contributed by atoms with van der Waals surface area (Å²) in [4.78, 5) is 77.2. The Morgan fingerprint density at radius 1 is 0.978 bits per heavy atom. The van der Waals surface area contributed by atoms with E-state index in [2.05, 4.69) is 6.58 Å². The first-order valence-corrected chi connectivity index (χ1v) is 15.5. The van der Waals surface area contributed by atoms with Crippen LogP contribution in [0.1, 0.15) is 74.7 Å². The van der Waals surface area contributed by atoms with E-state index >= 15 is 0 Å². The van der Waals surface area contributed by atoms with E-state index in [1.54, 1.807) is 6.92 Å². The SMILES string of the molecule is C=C1/C=C\C(OC(C)=O)C2(C)C(OC(C)=O)CC(OC(=O)CCC)C(C)(OC(C)=O)C2C(OC(C)=O)C2(O)C(C)C(=O)OC2C1Cl. The Morgan fingerprint density at radius 2 is 1.57 bits per heavy atom. The molecule has 1 N–H and O–H groups in total. The Balaban J connectivity index is 2.57. The molecule has 0 aromatic heterocycles. The summed E-state index contributed by atoms with van der Waals surface area (Å²) in [6, 6.07) is 0. The first kappa shape index (κ1) is 37.0. The first-order valence-electron chi connectivity index (χ1n) is 15.1. The number of fused-ring (bicyclic) bond motifs is 2.